The molecule has 0 aliphatic rings. The van der Waals surface area contributed by atoms with Gasteiger partial charge in [-0.2, -0.15) is 0 Å². The molecule has 1 rings (SSSR count). The summed E-state index contributed by atoms with van der Waals surface area (Å²) in [6.07, 6.45) is 0. The fourth-order valence-electron chi connectivity index (χ4n) is 1.20. The van der Waals surface area contributed by atoms with Gasteiger partial charge in [-0.05, 0) is 40.4 Å². The minimum atomic E-state index is 0.808. The lowest BCUT2D eigenvalue weighted by Gasteiger charge is -2.10. The molecule has 0 radical (unpaired) electrons. The van der Waals surface area contributed by atoms with Crippen LogP contribution in [-0.4, -0.2) is 29.0 Å². The Balaban J connectivity index is 2.99. The Morgan fingerprint density at radius 1 is 1.00 bits per heavy atom. The van der Waals surface area contributed by atoms with Gasteiger partial charge >= 0.3 is 0 Å². The van der Waals surface area contributed by atoms with Gasteiger partial charge in [0.2, 0.25) is 0 Å². The highest BCUT2D eigenvalue weighted by Crippen LogP contribution is 2.08. The van der Waals surface area contributed by atoms with E-state index in [1.165, 1.54) is 5.56 Å². The second-order valence-corrected chi connectivity index (χ2v) is 3.67. The molecule has 13 heavy (non-hydrogen) atoms. The third-order valence-corrected chi connectivity index (χ3v) is 2.14. The molecule has 72 valence electrons. The molecule has 0 saturated heterocycles. The van der Waals surface area contributed by atoms with E-state index in [-0.39, 0.29) is 0 Å². The standard InChI is InChI=1S/C10H17N3/c1-7-8(2)11-10(6-13(4)5)12-9(7)3/h6H2,1-5H3. The summed E-state index contributed by atoms with van der Waals surface area (Å²) in [4.78, 5) is 10.9. The highest BCUT2D eigenvalue weighted by molar-refractivity contribution is 5.22. The molecule has 0 spiro atoms. The fraction of sp³-hybridized carbons (Fsp3) is 0.600. The molecule has 1 aromatic rings. The van der Waals surface area contributed by atoms with Gasteiger partial charge < -0.3 is 4.90 Å². The van der Waals surface area contributed by atoms with Crippen molar-refractivity contribution in [1.29, 1.82) is 0 Å². The molecule has 0 aliphatic carbocycles. The van der Waals surface area contributed by atoms with Gasteiger partial charge in [-0.25, -0.2) is 9.97 Å². The van der Waals surface area contributed by atoms with Crippen LogP contribution in [0, 0.1) is 20.8 Å². The smallest absolute Gasteiger partial charge is 0.142 e. The third kappa shape index (κ3) is 2.49. The molecule has 1 heterocycles. The van der Waals surface area contributed by atoms with Crippen LogP contribution in [0.1, 0.15) is 22.8 Å². The first kappa shape index (κ1) is 10.1. The minimum Gasteiger partial charge on any atom is -0.302 e. The molecular weight excluding hydrogens is 162 g/mol. The van der Waals surface area contributed by atoms with Crippen LogP contribution in [0.5, 0.6) is 0 Å². The summed E-state index contributed by atoms with van der Waals surface area (Å²) in [6, 6.07) is 0. The van der Waals surface area contributed by atoms with Crippen molar-refractivity contribution in [3.8, 4) is 0 Å². The van der Waals surface area contributed by atoms with Crippen LogP contribution in [0.15, 0.2) is 0 Å². The van der Waals surface area contributed by atoms with E-state index in [0.29, 0.717) is 0 Å². The van der Waals surface area contributed by atoms with Gasteiger partial charge in [0, 0.05) is 11.4 Å². The lowest BCUT2D eigenvalue weighted by molar-refractivity contribution is 0.389. The molecule has 0 aliphatic heterocycles. The SMILES string of the molecule is Cc1nc(CN(C)C)nc(C)c1C. The minimum absolute atomic E-state index is 0.808. The van der Waals surface area contributed by atoms with Gasteiger partial charge in [0.05, 0.1) is 6.54 Å². The summed E-state index contributed by atoms with van der Waals surface area (Å²) in [5, 5.41) is 0. The number of rotatable bonds is 2. The molecule has 0 N–H and O–H groups in total. The number of nitrogens with zero attached hydrogens (tertiary/aromatic N) is 3. The van der Waals surface area contributed by atoms with Crippen molar-refractivity contribution in [3.63, 3.8) is 0 Å². The van der Waals surface area contributed by atoms with Crippen LogP contribution in [0.4, 0.5) is 0 Å². The van der Waals surface area contributed by atoms with E-state index in [0.717, 1.165) is 23.8 Å². The molecule has 1 aromatic heterocycles. The Kier molecular flexibility index (Phi) is 2.98. The normalized spacial score (nSPS) is 10.9. The quantitative estimate of drug-likeness (QED) is 0.688. The molecule has 0 aromatic carbocycles. The van der Waals surface area contributed by atoms with Crippen molar-refractivity contribution >= 4 is 0 Å². The Labute approximate surface area is 79.8 Å². The van der Waals surface area contributed by atoms with E-state index in [9.17, 15) is 0 Å². The summed E-state index contributed by atoms with van der Waals surface area (Å²) < 4.78 is 0. The summed E-state index contributed by atoms with van der Waals surface area (Å²) in [7, 11) is 4.04. The predicted octanol–water partition coefficient (Wildman–Crippen LogP) is 1.46. The van der Waals surface area contributed by atoms with Crippen LogP contribution in [0.3, 0.4) is 0 Å². The first-order valence-electron chi connectivity index (χ1n) is 4.46. The van der Waals surface area contributed by atoms with Crippen molar-refractivity contribution in [2.45, 2.75) is 27.3 Å². The van der Waals surface area contributed by atoms with Crippen LogP contribution < -0.4 is 0 Å². The average molecular weight is 179 g/mol. The Bertz CT molecular complexity index is 282. The van der Waals surface area contributed by atoms with Gasteiger partial charge in [-0.1, -0.05) is 0 Å². The molecule has 0 atom stereocenters. The monoisotopic (exact) mass is 179 g/mol. The van der Waals surface area contributed by atoms with Crippen LogP contribution in [-0.2, 0) is 6.54 Å². The van der Waals surface area contributed by atoms with Gasteiger partial charge in [0.15, 0.2) is 0 Å². The van der Waals surface area contributed by atoms with Crippen LogP contribution in [0.25, 0.3) is 0 Å². The first-order valence-corrected chi connectivity index (χ1v) is 4.46. The number of aryl methyl sites for hydroxylation is 2. The summed E-state index contributed by atoms with van der Waals surface area (Å²) in [6.45, 7) is 6.93. The van der Waals surface area contributed by atoms with E-state index >= 15 is 0 Å². The number of hydrogen-bond acceptors (Lipinski definition) is 3. The van der Waals surface area contributed by atoms with Crippen LogP contribution in [0.2, 0.25) is 0 Å². The number of aromatic nitrogens is 2. The molecule has 3 nitrogen and oxygen atoms in total. The molecule has 0 unspecified atom stereocenters. The van der Waals surface area contributed by atoms with E-state index in [4.69, 9.17) is 0 Å². The largest absolute Gasteiger partial charge is 0.302 e. The second kappa shape index (κ2) is 3.83. The molecule has 0 bridgehead atoms. The van der Waals surface area contributed by atoms with Gasteiger partial charge in [0.1, 0.15) is 5.82 Å². The highest BCUT2D eigenvalue weighted by Gasteiger charge is 2.04. The fourth-order valence-corrected chi connectivity index (χ4v) is 1.20. The maximum atomic E-state index is 4.42. The zero-order valence-electron chi connectivity index (χ0n) is 9.05. The summed E-state index contributed by atoms with van der Waals surface area (Å²) in [5.74, 6) is 0.908. The van der Waals surface area contributed by atoms with E-state index in [1.54, 1.807) is 0 Å². The third-order valence-electron chi connectivity index (χ3n) is 2.14. The highest BCUT2D eigenvalue weighted by atomic mass is 15.1. The van der Waals surface area contributed by atoms with E-state index in [2.05, 4.69) is 21.8 Å². The van der Waals surface area contributed by atoms with Crippen molar-refractivity contribution in [1.82, 2.24) is 14.9 Å². The number of hydrogen-bond donors (Lipinski definition) is 0. The second-order valence-electron chi connectivity index (χ2n) is 3.67. The van der Waals surface area contributed by atoms with E-state index in [1.807, 2.05) is 27.9 Å². The molecular formula is C10H17N3. The van der Waals surface area contributed by atoms with Crippen molar-refractivity contribution in [2.24, 2.45) is 0 Å². The Hall–Kier alpha value is -0.960. The predicted molar refractivity (Wildman–Crippen MR) is 53.6 cm³/mol. The molecule has 0 saturated carbocycles. The zero-order valence-corrected chi connectivity index (χ0v) is 9.05. The lowest BCUT2D eigenvalue weighted by Crippen LogP contribution is -2.14. The maximum absolute atomic E-state index is 4.42. The molecule has 0 fully saturated rings. The van der Waals surface area contributed by atoms with Gasteiger partial charge in [0.25, 0.3) is 0 Å². The lowest BCUT2D eigenvalue weighted by atomic mass is 10.2. The van der Waals surface area contributed by atoms with Gasteiger partial charge in [-0.15, -0.1) is 0 Å². The topological polar surface area (TPSA) is 29.0 Å². The summed E-state index contributed by atoms with van der Waals surface area (Å²) in [5.41, 5.74) is 3.37. The average Bonchev–Trinajstić information content (AvgIpc) is 1.98. The summed E-state index contributed by atoms with van der Waals surface area (Å²) >= 11 is 0. The van der Waals surface area contributed by atoms with Crippen LogP contribution >= 0.6 is 0 Å². The molecule has 0 amide bonds. The first-order chi connectivity index (χ1) is 6.00. The van der Waals surface area contributed by atoms with Crippen molar-refractivity contribution < 1.29 is 0 Å². The van der Waals surface area contributed by atoms with Crippen molar-refractivity contribution in [3.05, 3.63) is 22.8 Å². The Morgan fingerprint density at radius 3 is 1.85 bits per heavy atom. The van der Waals surface area contributed by atoms with E-state index < -0.39 is 0 Å². The van der Waals surface area contributed by atoms with Gasteiger partial charge in [-0.3, -0.25) is 0 Å². The zero-order chi connectivity index (χ0) is 10.0. The molecule has 3 heteroatoms. The Morgan fingerprint density at radius 2 is 1.46 bits per heavy atom. The maximum Gasteiger partial charge on any atom is 0.142 e. The van der Waals surface area contributed by atoms with Crippen molar-refractivity contribution in [2.75, 3.05) is 14.1 Å².